The zero-order valence-corrected chi connectivity index (χ0v) is 17.2. The summed E-state index contributed by atoms with van der Waals surface area (Å²) < 4.78 is 6.43. The number of nitrogens with zero attached hydrogens (tertiary/aromatic N) is 2. The molecular weight excluding hydrogens is 470 g/mol. The average molecular weight is 482 g/mol. The predicted octanol–water partition coefficient (Wildman–Crippen LogP) is 4.28. The van der Waals surface area contributed by atoms with Crippen molar-refractivity contribution < 1.29 is 23.7 Å². The van der Waals surface area contributed by atoms with E-state index in [1.54, 1.807) is 36.4 Å². The van der Waals surface area contributed by atoms with Crippen LogP contribution in [0.5, 0.6) is 0 Å². The van der Waals surface area contributed by atoms with E-state index in [1.807, 2.05) is 0 Å². The maximum Gasteiger partial charge on any atom is 0.335 e. The molecule has 2 aromatic carbocycles. The number of imide groups is 2. The van der Waals surface area contributed by atoms with Gasteiger partial charge in [-0.3, -0.25) is 25.0 Å². The Morgan fingerprint density at radius 2 is 1.65 bits per heavy atom. The second kappa shape index (κ2) is 8.00. The minimum atomic E-state index is -0.847. The summed E-state index contributed by atoms with van der Waals surface area (Å²) in [6.45, 7) is 0. The van der Waals surface area contributed by atoms with Crippen molar-refractivity contribution >= 4 is 51.2 Å². The quantitative estimate of drug-likeness (QED) is 0.256. The molecule has 9 nitrogen and oxygen atoms in total. The van der Waals surface area contributed by atoms with Crippen LogP contribution in [0, 0.1) is 10.1 Å². The maximum atomic E-state index is 12.9. The summed E-state index contributed by atoms with van der Waals surface area (Å²) in [5, 5.41) is 12.9. The number of hydrogen-bond donors (Lipinski definition) is 1. The molecule has 0 radical (unpaired) electrons. The molecule has 10 heteroatoms. The number of halogens is 1. The lowest BCUT2D eigenvalue weighted by molar-refractivity contribution is -0.384. The topological polar surface area (TPSA) is 123 Å². The van der Waals surface area contributed by atoms with E-state index in [-0.39, 0.29) is 17.0 Å². The largest absolute Gasteiger partial charge is 0.457 e. The van der Waals surface area contributed by atoms with Crippen LogP contribution in [-0.2, 0) is 9.59 Å². The first-order valence-electron chi connectivity index (χ1n) is 8.85. The molecule has 1 N–H and O–H groups in total. The van der Waals surface area contributed by atoms with Gasteiger partial charge in [-0.15, -0.1) is 0 Å². The molecule has 2 heterocycles. The Labute approximate surface area is 183 Å². The Bertz CT molecular complexity index is 1240. The number of non-ortho nitro benzene ring substituents is 1. The van der Waals surface area contributed by atoms with Gasteiger partial charge in [0.1, 0.15) is 17.1 Å². The van der Waals surface area contributed by atoms with Crippen molar-refractivity contribution in [1.82, 2.24) is 5.32 Å². The minimum Gasteiger partial charge on any atom is -0.457 e. The van der Waals surface area contributed by atoms with Crippen LogP contribution in [-0.4, -0.2) is 22.8 Å². The first-order valence-corrected chi connectivity index (χ1v) is 9.64. The fraction of sp³-hybridized carbons (Fsp3) is 0. The summed E-state index contributed by atoms with van der Waals surface area (Å²) in [7, 11) is 0. The standard InChI is InChI=1S/C21H12BrN3O6/c22-13-3-7-14(8-4-13)24-20(27)17(19(26)23-21(24)28)11-16-9-10-18(31-16)12-1-5-15(6-2-12)25(29)30/h1-11H,(H,23,26,28). The molecule has 0 unspecified atom stereocenters. The first kappa shape index (κ1) is 20.2. The van der Waals surface area contributed by atoms with E-state index in [4.69, 9.17) is 4.42 Å². The summed E-state index contributed by atoms with van der Waals surface area (Å²) in [6.07, 6.45) is 1.24. The Hall–Kier alpha value is -4.05. The molecule has 0 saturated carbocycles. The SMILES string of the molecule is O=C1NC(=O)N(c2ccc(Br)cc2)C(=O)C1=Cc1ccc(-c2ccc([N+](=O)[O-])cc2)o1. The molecule has 1 aromatic heterocycles. The average Bonchev–Trinajstić information content (AvgIpc) is 3.21. The van der Waals surface area contributed by atoms with Gasteiger partial charge in [0.25, 0.3) is 17.5 Å². The Morgan fingerprint density at radius 3 is 2.29 bits per heavy atom. The van der Waals surface area contributed by atoms with Gasteiger partial charge < -0.3 is 4.42 Å². The van der Waals surface area contributed by atoms with Crippen LogP contribution in [0.4, 0.5) is 16.2 Å². The lowest BCUT2D eigenvalue weighted by Gasteiger charge is -2.26. The number of rotatable bonds is 4. The summed E-state index contributed by atoms with van der Waals surface area (Å²) in [5.74, 6) is -1.02. The molecule has 154 valence electrons. The Kier molecular flexibility index (Phi) is 5.22. The minimum absolute atomic E-state index is 0.0557. The number of furan rings is 1. The summed E-state index contributed by atoms with van der Waals surface area (Å²) in [4.78, 5) is 48.5. The molecule has 0 spiro atoms. The highest BCUT2D eigenvalue weighted by molar-refractivity contribution is 9.10. The van der Waals surface area contributed by atoms with Crippen LogP contribution in [0.2, 0.25) is 0 Å². The molecule has 4 amide bonds. The van der Waals surface area contributed by atoms with Crippen molar-refractivity contribution in [3.8, 4) is 11.3 Å². The van der Waals surface area contributed by atoms with E-state index >= 15 is 0 Å². The van der Waals surface area contributed by atoms with Crippen LogP contribution in [0.1, 0.15) is 5.76 Å². The molecule has 0 bridgehead atoms. The number of hydrogen-bond acceptors (Lipinski definition) is 6. The summed E-state index contributed by atoms with van der Waals surface area (Å²) in [5.41, 5.74) is 0.559. The maximum absolute atomic E-state index is 12.9. The van der Waals surface area contributed by atoms with Gasteiger partial charge in [-0.2, -0.15) is 0 Å². The highest BCUT2D eigenvalue weighted by Gasteiger charge is 2.37. The number of carbonyl (C=O) groups is 3. The highest BCUT2D eigenvalue weighted by atomic mass is 79.9. The molecule has 1 fully saturated rings. The normalized spacial score (nSPS) is 15.3. The number of nitrogens with one attached hydrogen (secondary N) is 1. The summed E-state index contributed by atoms with van der Waals surface area (Å²) in [6, 6.07) is 14.5. The van der Waals surface area contributed by atoms with Crippen molar-refractivity contribution in [2.45, 2.75) is 0 Å². The van der Waals surface area contributed by atoms with Gasteiger partial charge in [0.15, 0.2) is 0 Å². The number of carbonyl (C=O) groups excluding carboxylic acids is 3. The van der Waals surface area contributed by atoms with Gasteiger partial charge in [-0.25, -0.2) is 9.69 Å². The molecule has 1 aliphatic heterocycles. The van der Waals surface area contributed by atoms with Gasteiger partial charge in [-0.05, 0) is 54.6 Å². The van der Waals surface area contributed by atoms with Gasteiger partial charge >= 0.3 is 6.03 Å². The van der Waals surface area contributed by atoms with Crippen molar-refractivity contribution in [2.75, 3.05) is 4.90 Å². The molecule has 3 aromatic rings. The van der Waals surface area contributed by atoms with E-state index in [2.05, 4.69) is 21.2 Å². The number of benzene rings is 2. The van der Waals surface area contributed by atoms with Crippen molar-refractivity contribution in [3.63, 3.8) is 0 Å². The molecule has 1 saturated heterocycles. The fourth-order valence-electron chi connectivity index (χ4n) is 2.96. The number of amides is 4. The van der Waals surface area contributed by atoms with Crippen molar-refractivity contribution in [3.05, 3.63) is 86.6 Å². The second-order valence-corrected chi connectivity index (χ2v) is 7.36. The predicted molar refractivity (Wildman–Crippen MR) is 114 cm³/mol. The third kappa shape index (κ3) is 4.01. The molecule has 0 atom stereocenters. The number of nitro benzene ring substituents is 1. The van der Waals surface area contributed by atoms with Gasteiger partial charge in [0.2, 0.25) is 0 Å². The van der Waals surface area contributed by atoms with Gasteiger partial charge in [-0.1, -0.05) is 15.9 Å². The molecular formula is C21H12BrN3O6. The molecule has 4 rings (SSSR count). The molecule has 1 aliphatic rings. The number of anilines is 1. The van der Waals surface area contributed by atoms with Crippen LogP contribution in [0.3, 0.4) is 0 Å². The van der Waals surface area contributed by atoms with Gasteiger partial charge in [0, 0.05) is 22.2 Å². The van der Waals surface area contributed by atoms with Crippen LogP contribution in [0.25, 0.3) is 17.4 Å². The number of nitro groups is 1. The van der Waals surface area contributed by atoms with E-state index in [0.717, 1.165) is 9.37 Å². The lowest BCUT2D eigenvalue weighted by atomic mass is 10.1. The Morgan fingerprint density at radius 1 is 0.968 bits per heavy atom. The van der Waals surface area contributed by atoms with Crippen LogP contribution < -0.4 is 10.2 Å². The van der Waals surface area contributed by atoms with E-state index in [1.165, 1.54) is 30.3 Å². The lowest BCUT2D eigenvalue weighted by Crippen LogP contribution is -2.54. The molecule has 0 aliphatic carbocycles. The zero-order chi connectivity index (χ0) is 22.1. The summed E-state index contributed by atoms with van der Waals surface area (Å²) >= 11 is 3.28. The second-order valence-electron chi connectivity index (χ2n) is 6.44. The third-order valence-electron chi connectivity index (χ3n) is 4.46. The van der Waals surface area contributed by atoms with Crippen LogP contribution >= 0.6 is 15.9 Å². The van der Waals surface area contributed by atoms with Crippen LogP contribution in [0.15, 0.2) is 75.1 Å². The monoisotopic (exact) mass is 481 g/mol. The van der Waals surface area contributed by atoms with Crippen molar-refractivity contribution in [1.29, 1.82) is 0 Å². The van der Waals surface area contributed by atoms with E-state index < -0.39 is 22.8 Å². The highest BCUT2D eigenvalue weighted by Crippen LogP contribution is 2.27. The molecule has 31 heavy (non-hydrogen) atoms. The zero-order valence-electron chi connectivity index (χ0n) is 15.6. The third-order valence-corrected chi connectivity index (χ3v) is 4.99. The first-order chi connectivity index (χ1) is 14.8. The van der Waals surface area contributed by atoms with Crippen molar-refractivity contribution in [2.24, 2.45) is 0 Å². The van der Waals surface area contributed by atoms with E-state index in [9.17, 15) is 24.5 Å². The number of barbiturate groups is 1. The Balaban J connectivity index is 1.63. The smallest absolute Gasteiger partial charge is 0.335 e. The fourth-order valence-corrected chi connectivity index (χ4v) is 3.22. The van der Waals surface area contributed by atoms with E-state index in [0.29, 0.717) is 17.0 Å². The van der Waals surface area contributed by atoms with Gasteiger partial charge in [0.05, 0.1) is 10.6 Å². The number of urea groups is 1.